The van der Waals surface area contributed by atoms with Crippen molar-refractivity contribution in [1.29, 1.82) is 0 Å². The van der Waals surface area contributed by atoms with Crippen LogP contribution in [0.2, 0.25) is 0 Å². The van der Waals surface area contributed by atoms with Crippen LogP contribution in [0.3, 0.4) is 0 Å². The molecule has 0 spiro atoms. The minimum atomic E-state index is -0.0184. The topological polar surface area (TPSA) is 37.4 Å². The van der Waals surface area contributed by atoms with Gasteiger partial charge in [-0.1, -0.05) is 60.6 Å². The van der Waals surface area contributed by atoms with Gasteiger partial charge in [0.25, 0.3) is 5.91 Å². The van der Waals surface area contributed by atoms with Gasteiger partial charge in [-0.25, -0.2) is 0 Å². The van der Waals surface area contributed by atoms with Crippen LogP contribution in [0.15, 0.2) is 24.3 Å². The molecule has 1 rings (SSSR count). The van der Waals surface area contributed by atoms with Crippen molar-refractivity contribution in [3.63, 3.8) is 0 Å². The Balaban J connectivity index is 2.82. The maximum atomic E-state index is 12.5. The maximum Gasteiger partial charge on any atom is 0.253 e. The molecule has 0 radical (unpaired) electrons. The quantitative estimate of drug-likeness (QED) is 0.707. The van der Waals surface area contributed by atoms with E-state index in [9.17, 15) is 9.59 Å². The van der Waals surface area contributed by atoms with Gasteiger partial charge in [0.15, 0.2) is 5.78 Å². The highest BCUT2D eigenvalue weighted by Crippen LogP contribution is 2.26. The highest BCUT2D eigenvalue weighted by Gasteiger charge is 2.23. The molecule has 0 aliphatic rings. The van der Waals surface area contributed by atoms with Crippen LogP contribution in [0.5, 0.6) is 0 Å². The van der Waals surface area contributed by atoms with Gasteiger partial charge >= 0.3 is 0 Å². The predicted molar refractivity (Wildman–Crippen MR) is 100 cm³/mol. The lowest BCUT2D eigenvalue weighted by molar-refractivity contribution is 0.0745. The fraction of sp³-hybridized carbons (Fsp3) is 0.619. The monoisotopic (exact) mass is 331 g/mol. The summed E-state index contributed by atoms with van der Waals surface area (Å²) in [6, 6.07) is 7.08. The largest absolute Gasteiger partial charge is 0.341 e. The maximum absolute atomic E-state index is 12.5. The van der Waals surface area contributed by atoms with Gasteiger partial charge < -0.3 is 4.90 Å². The number of Topliss-reactive ketones (excluding diaryl/α,β-unsaturated/α-hetero) is 1. The first-order valence-electron chi connectivity index (χ1n) is 8.70. The van der Waals surface area contributed by atoms with E-state index >= 15 is 0 Å². The molecule has 0 fully saturated rings. The van der Waals surface area contributed by atoms with E-state index in [1.54, 1.807) is 29.2 Å². The van der Waals surface area contributed by atoms with E-state index in [0.717, 1.165) is 6.42 Å². The standard InChI is InChI=1S/C21H33NO2/c1-15(13-20(2,3)4)18(23)16-9-11-17(12-10-16)19(24)22(8)14-21(5,6)7/h9-12,15H,13-14H2,1-8H3. The molecule has 1 aromatic carbocycles. The van der Waals surface area contributed by atoms with Crippen molar-refractivity contribution < 1.29 is 9.59 Å². The molecule has 3 heteroatoms. The molecule has 0 aromatic heterocycles. The van der Waals surface area contributed by atoms with Crippen molar-refractivity contribution in [3.8, 4) is 0 Å². The minimum absolute atomic E-state index is 0.00772. The first-order valence-corrected chi connectivity index (χ1v) is 8.70. The van der Waals surface area contributed by atoms with Crippen molar-refractivity contribution in [2.45, 2.75) is 54.9 Å². The molecule has 24 heavy (non-hydrogen) atoms. The number of carbonyl (C=O) groups excluding carboxylic acids is 2. The number of benzene rings is 1. The molecule has 0 aliphatic heterocycles. The van der Waals surface area contributed by atoms with Crippen molar-refractivity contribution in [3.05, 3.63) is 35.4 Å². The summed E-state index contributed by atoms with van der Waals surface area (Å²) in [5.41, 5.74) is 1.49. The summed E-state index contributed by atoms with van der Waals surface area (Å²) < 4.78 is 0. The molecule has 0 saturated heterocycles. The summed E-state index contributed by atoms with van der Waals surface area (Å²) in [5, 5.41) is 0. The van der Waals surface area contributed by atoms with Gasteiger partial charge in [-0.05, 0) is 29.4 Å². The third-order valence-corrected chi connectivity index (χ3v) is 3.84. The minimum Gasteiger partial charge on any atom is -0.341 e. The summed E-state index contributed by atoms with van der Waals surface area (Å²) in [4.78, 5) is 26.7. The summed E-state index contributed by atoms with van der Waals surface area (Å²) in [5.74, 6) is 0.119. The summed E-state index contributed by atoms with van der Waals surface area (Å²) >= 11 is 0. The van der Waals surface area contributed by atoms with Crippen LogP contribution in [-0.2, 0) is 0 Å². The second-order valence-corrected chi connectivity index (χ2v) is 9.33. The summed E-state index contributed by atoms with van der Waals surface area (Å²) in [6.07, 6.45) is 0.848. The van der Waals surface area contributed by atoms with Gasteiger partial charge in [0.05, 0.1) is 0 Å². The lowest BCUT2D eigenvalue weighted by Gasteiger charge is -2.26. The number of hydrogen-bond acceptors (Lipinski definition) is 2. The van der Waals surface area contributed by atoms with Crippen LogP contribution in [0.4, 0.5) is 0 Å². The third kappa shape index (κ3) is 6.46. The Kier molecular flexibility index (Phi) is 6.38. The fourth-order valence-corrected chi connectivity index (χ4v) is 3.08. The highest BCUT2D eigenvalue weighted by molar-refractivity contribution is 5.99. The summed E-state index contributed by atoms with van der Waals surface area (Å²) in [7, 11) is 1.82. The van der Waals surface area contributed by atoms with Gasteiger partial charge in [-0.3, -0.25) is 9.59 Å². The Morgan fingerprint density at radius 1 is 0.917 bits per heavy atom. The van der Waals surface area contributed by atoms with E-state index in [-0.39, 0.29) is 28.4 Å². The van der Waals surface area contributed by atoms with E-state index in [1.165, 1.54) is 0 Å². The van der Waals surface area contributed by atoms with E-state index in [2.05, 4.69) is 41.5 Å². The van der Waals surface area contributed by atoms with Crippen molar-refractivity contribution in [1.82, 2.24) is 4.90 Å². The number of hydrogen-bond donors (Lipinski definition) is 0. The van der Waals surface area contributed by atoms with Crippen LogP contribution >= 0.6 is 0 Å². The second-order valence-electron chi connectivity index (χ2n) is 9.33. The average molecular weight is 332 g/mol. The predicted octanol–water partition coefficient (Wildman–Crippen LogP) is 5.06. The Hall–Kier alpha value is -1.64. The van der Waals surface area contributed by atoms with E-state index in [0.29, 0.717) is 17.7 Å². The molecule has 1 unspecified atom stereocenters. The van der Waals surface area contributed by atoms with Crippen molar-refractivity contribution in [2.75, 3.05) is 13.6 Å². The molecular weight excluding hydrogens is 298 g/mol. The van der Waals surface area contributed by atoms with Crippen molar-refractivity contribution >= 4 is 11.7 Å². The van der Waals surface area contributed by atoms with Crippen LogP contribution in [0.25, 0.3) is 0 Å². The Bertz CT molecular complexity index is 520. The number of amides is 1. The highest BCUT2D eigenvalue weighted by atomic mass is 16.2. The van der Waals surface area contributed by atoms with E-state index < -0.39 is 0 Å². The van der Waals surface area contributed by atoms with Gasteiger partial charge in [0.2, 0.25) is 0 Å². The number of rotatable bonds is 5. The number of ketones is 1. The molecule has 1 atom stereocenters. The molecule has 0 N–H and O–H groups in total. The molecule has 1 amide bonds. The first-order chi connectivity index (χ1) is 10.8. The van der Waals surface area contributed by atoms with E-state index in [4.69, 9.17) is 0 Å². The van der Waals surface area contributed by atoms with Crippen LogP contribution in [0, 0.1) is 16.7 Å². The average Bonchev–Trinajstić information content (AvgIpc) is 2.42. The van der Waals surface area contributed by atoms with Gasteiger partial charge in [-0.2, -0.15) is 0 Å². The molecule has 0 aliphatic carbocycles. The van der Waals surface area contributed by atoms with Crippen molar-refractivity contribution in [2.24, 2.45) is 16.7 Å². The molecule has 1 aromatic rings. The van der Waals surface area contributed by atoms with E-state index in [1.807, 2.05) is 14.0 Å². The van der Waals surface area contributed by atoms with Gasteiger partial charge in [0, 0.05) is 30.6 Å². The van der Waals surface area contributed by atoms with Gasteiger partial charge in [0.1, 0.15) is 0 Å². The van der Waals surface area contributed by atoms with Crippen LogP contribution in [-0.4, -0.2) is 30.2 Å². The zero-order valence-corrected chi connectivity index (χ0v) is 16.6. The second kappa shape index (κ2) is 7.50. The normalized spacial score (nSPS) is 13.5. The Morgan fingerprint density at radius 3 is 1.79 bits per heavy atom. The fourth-order valence-electron chi connectivity index (χ4n) is 3.08. The third-order valence-electron chi connectivity index (χ3n) is 3.84. The molecule has 0 saturated carbocycles. The van der Waals surface area contributed by atoms with Crippen LogP contribution in [0.1, 0.15) is 75.6 Å². The smallest absolute Gasteiger partial charge is 0.253 e. The van der Waals surface area contributed by atoms with Gasteiger partial charge in [-0.15, -0.1) is 0 Å². The zero-order chi connectivity index (χ0) is 18.7. The van der Waals surface area contributed by atoms with Crippen LogP contribution < -0.4 is 0 Å². The SMILES string of the molecule is CC(CC(C)(C)C)C(=O)c1ccc(C(=O)N(C)CC(C)(C)C)cc1. The number of nitrogens with zero attached hydrogens (tertiary/aromatic N) is 1. The molecule has 134 valence electrons. The first kappa shape index (κ1) is 20.4. The zero-order valence-electron chi connectivity index (χ0n) is 16.6. The lowest BCUT2D eigenvalue weighted by Crippen LogP contribution is -2.34. The Labute approximate surface area is 147 Å². The molecule has 0 heterocycles. The number of carbonyl (C=O) groups is 2. The summed E-state index contributed by atoms with van der Waals surface area (Å²) in [6.45, 7) is 15.4. The Morgan fingerprint density at radius 2 is 1.38 bits per heavy atom. The molecule has 0 bridgehead atoms. The molecular formula is C21H33NO2. The lowest BCUT2D eigenvalue weighted by atomic mass is 9.82. The molecule has 3 nitrogen and oxygen atoms in total.